The van der Waals surface area contributed by atoms with Gasteiger partial charge in [0.2, 0.25) is 0 Å². The maximum Gasteiger partial charge on any atom is 0.336 e. The summed E-state index contributed by atoms with van der Waals surface area (Å²) in [5.74, 6) is 1.57. The zero-order chi connectivity index (χ0) is 24.1. The van der Waals surface area contributed by atoms with Gasteiger partial charge in [-0.05, 0) is 75.1 Å². The molecule has 1 N–H and O–H groups in total. The molecule has 6 rings (SSSR count). The van der Waals surface area contributed by atoms with Gasteiger partial charge in [0.05, 0.1) is 22.6 Å². The summed E-state index contributed by atoms with van der Waals surface area (Å²) in [7, 11) is 0. The molecule has 0 unspecified atom stereocenters. The van der Waals surface area contributed by atoms with Gasteiger partial charge in [0, 0.05) is 24.2 Å². The topological polar surface area (TPSA) is 81.8 Å². The summed E-state index contributed by atoms with van der Waals surface area (Å²) in [6.07, 6.45) is 4.37. The van der Waals surface area contributed by atoms with Crippen LogP contribution in [0.5, 0.6) is 5.75 Å². The van der Waals surface area contributed by atoms with Crippen LogP contribution in [-0.2, 0) is 4.74 Å². The summed E-state index contributed by atoms with van der Waals surface area (Å²) in [6.45, 7) is 5.64. The highest BCUT2D eigenvalue weighted by molar-refractivity contribution is 6.07. The minimum Gasteiger partial charge on any atom is -0.490 e. The molecule has 2 fully saturated rings. The first kappa shape index (κ1) is 22.1. The molecule has 0 spiro atoms. The molecule has 4 aromatic rings. The maximum atomic E-state index is 12.4. The van der Waals surface area contributed by atoms with E-state index in [1.54, 1.807) is 6.07 Å². The Bertz CT molecular complexity index is 1430. The Hall–Kier alpha value is -3.38. The van der Waals surface area contributed by atoms with Crippen molar-refractivity contribution in [2.24, 2.45) is 11.8 Å². The molecule has 1 saturated carbocycles. The van der Waals surface area contributed by atoms with Crippen molar-refractivity contribution >= 4 is 27.8 Å². The Kier molecular flexibility index (Phi) is 5.49. The number of aryl methyl sites for hydroxylation is 2. The zero-order valence-corrected chi connectivity index (χ0v) is 20.0. The lowest BCUT2D eigenvalue weighted by molar-refractivity contribution is -0.0150. The normalized spacial score (nSPS) is 20.7. The summed E-state index contributed by atoms with van der Waals surface area (Å²) in [4.78, 5) is 17.3. The first-order chi connectivity index (χ1) is 17.0. The van der Waals surface area contributed by atoms with Gasteiger partial charge in [0.1, 0.15) is 17.0 Å². The maximum absolute atomic E-state index is 12.4. The number of rotatable bonds is 5. The number of benzene rings is 2. The van der Waals surface area contributed by atoms with E-state index in [2.05, 4.69) is 0 Å². The van der Waals surface area contributed by atoms with Crippen molar-refractivity contribution in [3.05, 3.63) is 59.2 Å². The minimum atomic E-state index is -1.00. The Morgan fingerprint density at radius 1 is 1.06 bits per heavy atom. The molecule has 6 heteroatoms. The van der Waals surface area contributed by atoms with Crippen molar-refractivity contribution < 1.29 is 23.8 Å². The number of furan rings is 1. The number of hydrogen-bond acceptors (Lipinski definition) is 5. The van der Waals surface area contributed by atoms with Crippen LogP contribution in [0, 0.1) is 25.7 Å². The Balaban J connectivity index is 1.37. The Morgan fingerprint density at radius 2 is 1.83 bits per heavy atom. The SMILES string of the molecule is Cc1c(-c2cc(C(=O)O)c3c(O[C@H]4C[C@@H](C5CCOCC5)C4)ccc(C)c3n2)oc2ccccc12. The Labute approximate surface area is 203 Å². The van der Waals surface area contributed by atoms with Gasteiger partial charge in [-0.2, -0.15) is 0 Å². The van der Waals surface area contributed by atoms with Gasteiger partial charge in [-0.1, -0.05) is 24.3 Å². The van der Waals surface area contributed by atoms with E-state index < -0.39 is 5.97 Å². The molecule has 180 valence electrons. The van der Waals surface area contributed by atoms with Crippen molar-refractivity contribution in [3.8, 4) is 17.2 Å². The van der Waals surface area contributed by atoms with Crippen LogP contribution in [0.3, 0.4) is 0 Å². The zero-order valence-electron chi connectivity index (χ0n) is 20.0. The van der Waals surface area contributed by atoms with Crippen molar-refractivity contribution in [1.29, 1.82) is 0 Å². The van der Waals surface area contributed by atoms with E-state index in [0.29, 0.717) is 39.9 Å². The minimum absolute atomic E-state index is 0.104. The molecule has 1 saturated heterocycles. The van der Waals surface area contributed by atoms with Crippen LogP contribution in [0.15, 0.2) is 46.9 Å². The number of aromatic carboxylic acids is 1. The van der Waals surface area contributed by atoms with Gasteiger partial charge >= 0.3 is 5.97 Å². The second-order valence-corrected chi connectivity index (χ2v) is 9.94. The molecule has 35 heavy (non-hydrogen) atoms. The molecule has 2 aromatic carbocycles. The standard InChI is InChI=1S/C29H29NO5/c1-16-7-8-25(34-20-13-19(14-20)18-9-11-33-12-10-18)26-22(29(31)32)15-23(30-27(16)26)28-17(2)21-5-3-4-6-24(21)35-28/h3-8,15,18-20H,9-14H2,1-2H3,(H,31,32)/t19-,20+. The average Bonchev–Trinajstić information content (AvgIpc) is 3.19. The second-order valence-electron chi connectivity index (χ2n) is 9.94. The predicted molar refractivity (Wildman–Crippen MR) is 134 cm³/mol. The van der Waals surface area contributed by atoms with Gasteiger partial charge < -0.3 is 19.0 Å². The molecule has 3 heterocycles. The fourth-order valence-corrected chi connectivity index (χ4v) is 5.70. The molecule has 1 aliphatic carbocycles. The molecular weight excluding hydrogens is 442 g/mol. The monoisotopic (exact) mass is 471 g/mol. The third-order valence-electron chi connectivity index (χ3n) is 7.79. The molecule has 2 aromatic heterocycles. The van der Waals surface area contributed by atoms with E-state index in [-0.39, 0.29) is 11.7 Å². The highest BCUT2D eigenvalue weighted by Crippen LogP contribution is 2.43. The number of pyridine rings is 1. The van der Waals surface area contributed by atoms with Gasteiger partial charge in [-0.25, -0.2) is 9.78 Å². The third-order valence-corrected chi connectivity index (χ3v) is 7.79. The van der Waals surface area contributed by atoms with Gasteiger partial charge in [-0.3, -0.25) is 0 Å². The van der Waals surface area contributed by atoms with E-state index >= 15 is 0 Å². The van der Waals surface area contributed by atoms with Crippen LogP contribution >= 0.6 is 0 Å². The number of carbonyl (C=O) groups is 1. The number of nitrogens with zero attached hydrogens (tertiary/aromatic N) is 1. The number of fused-ring (bicyclic) bond motifs is 2. The molecule has 0 radical (unpaired) electrons. The van der Waals surface area contributed by atoms with Crippen molar-refractivity contribution in [3.63, 3.8) is 0 Å². The quantitative estimate of drug-likeness (QED) is 0.356. The van der Waals surface area contributed by atoms with E-state index in [4.69, 9.17) is 18.9 Å². The smallest absolute Gasteiger partial charge is 0.336 e. The number of carboxylic acid groups (broad SMARTS) is 1. The fourth-order valence-electron chi connectivity index (χ4n) is 5.70. The van der Waals surface area contributed by atoms with Crippen molar-refractivity contribution in [2.75, 3.05) is 13.2 Å². The molecule has 0 amide bonds. The van der Waals surface area contributed by atoms with E-state index in [9.17, 15) is 9.90 Å². The first-order valence-corrected chi connectivity index (χ1v) is 12.4. The number of hydrogen-bond donors (Lipinski definition) is 1. The predicted octanol–water partition coefficient (Wildman–Crippen LogP) is 6.55. The molecule has 6 nitrogen and oxygen atoms in total. The Morgan fingerprint density at radius 3 is 2.57 bits per heavy atom. The van der Waals surface area contributed by atoms with Gasteiger partial charge in [0.25, 0.3) is 0 Å². The number of ether oxygens (including phenoxy) is 2. The molecule has 0 bridgehead atoms. The second kappa shape index (κ2) is 8.68. The lowest BCUT2D eigenvalue weighted by atomic mass is 9.71. The van der Waals surface area contributed by atoms with Gasteiger partial charge in [0.15, 0.2) is 5.76 Å². The molecule has 1 aliphatic heterocycles. The lowest BCUT2D eigenvalue weighted by Gasteiger charge is -2.41. The first-order valence-electron chi connectivity index (χ1n) is 12.4. The summed E-state index contributed by atoms with van der Waals surface area (Å²) >= 11 is 0. The van der Waals surface area contributed by atoms with Crippen LogP contribution in [-0.4, -0.2) is 35.4 Å². The van der Waals surface area contributed by atoms with Crippen LogP contribution in [0.4, 0.5) is 0 Å². The molecule has 2 aliphatic rings. The number of carboxylic acids is 1. The largest absolute Gasteiger partial charge is 0.490 e. The highest BCUT2D eigenvalue weighted by atomic mass is 16.5. The van der Waals surface area contributed by atoms with Crippen molar-refractivity contribution in [2.45, 2.75) is 45.6 Å². The number of para-hydroxylation sites is 1. The molecular formula is C29H29NO5. The lowest BCUT2D eigenvalue weighted by Crippen LogP contribution is -2.39. The fraction of sp³-hybridized carbons (Fsp3) is 0.379. The third kappa shape index (κ3) is 3.86. The average molecular weight is 472 g/mol. The van der Waals surface area contributed by atoms with E-state index in [1.165, 1.54) is 0 Å². The summed E-state index contributed by atoms with van der Waals surface area (Å²) in [5.41, 5.74) is 3.95. The number of aromatic nitrogens is 1. The summed E-state index contributed by atoms with van der Waals surface area (Å²) in [5, 5.41) is 11.7. The van der Waals surface area contributed by atoms with Gasteiger partial charge in [-0.15, -0.1) is 0 Å². The van der Waals surface area contributed by atoms with Crippen LogP contribution in [0.1, 0.15) is 47.2 Å². The summed E-state index contributed by atoms with van der Waals surface area (Å²) < 4.78 is 18.0. The van der Waals surface area contributed by atoms with Crippen LogP contribution in [0.2, 0.25) is 0 Å². The van der Waals surface area contributed by atoms with E-state index in [1.807, 2.05) is 50.2 Å². The summed E-state index contributed by atoms with van der Waals surface area (Å²) in [6, 6.07) is 13.3. The van der Waals surface area contributed by atoms with Crippen molar-refractivity contribution in [1.82, 2.24) is 4.98 Å². The van der Waals surface area contributed by atoms with Crippen LogP contribution in [0.25, 0.3) is 33.3 Å². The van der Waals surface area contributed by atoms with Crippen LogP contribution < -0.4 is 4.74 Å². The van der Waals surface area contributed by atoms with E-state index in [0.717, 1.165) is 61.0 Å². The highest BCUT2D eigenvalue weighted by Gasteiger charge is 2.37. The molecule has 0 atom stereocenters.